The summed E-state index contributed by atoms with van der Waals surface area (Å²) in [6, 6.07) is 5.79. The lowest BCUT2D eigenvalue weighted by Gasteiger charge is -2.41. The fourth-order valence-electron chi connectivity index (χ4n) is 2.83. The van der Waals surface area contributed by atoms with Gasteiger partial charge in [-0.15, -0.1) is 0 Å². The van der Waals surface area contributed by atoms with E-state index < -0.39 is 4.33 Å². The first kappa shape index (κ1) is 10.4. The van der Waals surface area contributed by atoms with Crippen LogP contribution in [0.25, 0.3) is 0 Å². The Morgan fingerprint density at radius 3 is 2.88 bits per heavy atom. The molecule has 1 aromatic carbocycles. The molecule has 84 valence electrons. The zero-order valence-electron chi connectivity index (χ0n) is 8.67. The standard InChI is InChI=1S/C12H10Cl2O2/c1-16-9-4-2-3-6-7(9)5-8-10(6)12(13,14)11(8)15/h2-4,8,10H,5H2,1H3. The van der Waals surface area contributed by atoms with Crippen molar-refractivity contribution in [3.8, 4) is 5.75 Å². The molecule has 0 radical (unpaired) electrons. The number of alkyl halides is 2. The Hall–Kier alpha value is -0.730. The highest BCUT2D eigenvalue weighted by Gasteiger charge is 2.64. The van der Waals surface area contributed by atoms with Gasteiger partial charge in [0.05, 0.1) is 7.11 Å². The van der Waals surface area contributed by atoms with Crippen LogP contribution in [0.5, 0.6) is 5.75 Å². The molecule has 16 heavy (non-hydrogen) atoms. The van der Waals surface area contributed by atoms with Crippen molar-refractivity contribution in [3.63, 3.8) is 0 Å². The third-order valence-corrected chi connectivity index (χ3v) is 4.45. The smallest absolute Gasteiger partial charge is 0.183 e. The summed E-state index contributed by atoms with van der Waals surface area (Å²) >= 11 is 12.1. The summed E-state index contributed by atoms with van der Waals surface area (Å²) in [5.74, 6) is 0.651. The van der Waals surface area contributed by atoms with E-state index in [1.807, 2.05) is 18.2 Å². The van der Waals surface area contributed by atoms with E-state index in [1.165, 1.54) is 0 Å². The predicted octanol–water partition coefficient (Wildman–Crippen LogP) is 2.71. The highest BCUT2D eigenvalue weighted by molar-refractivity contribution is 6.61. The maximum absolute atomic E-state index is 11.7. The minimum atomic E-state index is -1.23. The zero-order valence-corrected chi connectivity index (χ0v) is 10.2. The van der Waals surface area contributed by atoms with Crippen LogP contribution < -0.4 is 4.74 Å². The van der Waals surface area contributed by atoms with Gasteiger partial charge in [0.1, 0.15) is 5.75 Å². The lowest BCUT2D eigenvalue weighted by Crippen LogP contribution is -2.52. The first-order chi connectivity index (χ1) is 7.57. The van der Waals surface area contributed by atoms with Gasteiger partial charge in [0.25, 0.3) is 0 Å². The van der Waals surface area contributed by atoms with Crippen molar-refractivity contribution < 1.29 is 9.53 Å². The maximum atomic E-state index is 11.7. The fourth-order valence-corrected chi connectivity index (χ4v) is 3.65. The number of ketones is 1. The number of Topliss-reactive ketones (excluding diaryl/α,β-unsaturated/α-hetero) is 1. The molecule has 0 heterocycles. The Morgan fingerprint density at radius 2 is 2.19 bits per heavy atom. The predicted molar refractivity (Wildman–Crippen MR) is 62.4 cm³/mol. The van der Waals surface area contributed by atoms with Crippen molar-refractivity contribution in [1.29, 1.82) is 0 Å². The van der Waals surface area contributed by atoms with Crippen LogP contribution in [0.4, 0.5) is 0 Å². The summed E-state index contributed by atoms with van der Waals surface area (Å²) in [4.78, 5) is 11.7. The molecule has 0 saturated heterocycles. The van der Waals surface area contributed by atoms with E-state index in [2.05, 4.69) is 0 Å². The van der Waals surface area contributed by atoms with Crippen LogP contribution in [0.15, 0.2) is 18.2 Å². The summed E-state index contributed by atoms with van der Waals surface area (Å²) in [5, 5.41) is 0. The number of hydrogen-bond donors (Lipinski definition) is 0. The molecule has 0 aliphatic heterocycles. The van der Waals surface area contributed by atoms with Crippen molar-refractivity contribution >= 4 is 29.0 Å². The largest absolute Gasteiger partial charge is 0.496 e. The molecule has 0 bridgehead atoms. The van der Waals surface area contributed by atoms with Gasteiger partial charge in [0, 0.05) is 11.8 Å². The highest BCUT2D eigenvalue weighted by Crippen LogP contribution is 2.61. The molecule has 1 fully saturated rings. The lowest BCUT2D eigenvalue weighted by atomic mass is 9.72. The Balaban J connectivity index is 2.12. The van der Waals surface area contributed by atoms with Crippen LogP contribution in [0.3, 0.4) is 0 Å². The number of benzene rings is 1. The normalized spacial score (nSPS) is 29.3. The second-order valence-electron chi connectivity index (χ2n) is 4.30. The molecular formula is C12H10Cl2O2. The fraction of sp³-hybridized carbons (Fsp3) is 0.417. The van der Waals surface area contributed by atoms with Crippen LogP contribution >= 0.6 is 23.2 Å². The molecule has 2 aliphatic rings. The third kappa shape index (κ3) is 1.07. The van der Waals surface area contributed by atoms with E-state index >= 15 is 0 Å². The van der Waals surface area contributed by atoms with Gasteiger partial charge < -0.3 is 4.74 Å². The molecular weight excluding hydrogens is 247 g/mol. The van der Waals surface area contributed by atoms with Gasteiger partial charge in [-0.2, -0.15) is 0 Å². The van der Waals surface area contributed by atoms with Gasteiger partial charge in [-0.25, -0.2) is 0 Å². The minimum absolute atomic E-state index is 0.0544. The van der Waals surface area contributed by atoms with Crippen molar-refractivity contribution in [2.24, 2.45) is 5.92 Å². The number of halogens is 2. The SMILES string of the molecule is COc1cccc2c1CC1C(=O)C(Cl)(Cl)C21. The summed E-state index contributed by atoms with van der Waals surface area (Å²) in [5.41, 5.74) is 2.14. The molecule has 2 aliphatic carbocycles. The monoisotopic (exact) mass is 256 g/mol. The van der Waals surface area contributed by atoms with E-state index in [-0.39, 0.29) is 17.6 Å². The number of hydrogen-bond acceptors (Lipinski definition) is 2. The number of carbonyl (C=O) groups is 1. The van der Waals surface area contributed by atoms with Crippen molar-refractivity contribution in [2.75, 3.05) is 7.11 Å². The van der Waals surface area contributed by atoms with E-state index in [4.69, 9.17) is 27.9 Å². The topological polar surface area (TPSA) is 26.3 Å². The van der Waals surface area contributed by atoms with Gasteiger partial charge in [0.2, 0.25) is 0 Å². The van der Waals surface area contributed by atoms with Crippen molar-refractivity contribution in [3.05, 3.63) is 29.3 Å². The van der Waals surface area contributed by atoms with Gasteiger partial charge >= 0.3 is 0 Å². The Labute approximate surface area is 103 Å². The van der Waals surface area contributed by atoms with Crippen molar-refractivity contribution in [1.82, 2.24) is 0 Å². The molecule has 0 spiro atoms. The van der Waals surface area contributed by atoms with Crippen LogP contribution in [0.2, 0.25) is 0 Å². The average Bonchev–Trinajstić information content (AvgIpc) is 2.65. The number of rotatable bonds is 1. The number of ether oxygens (including phenoxy) is 1. The quantitative estimate of drug-likeness (QED) is 0.723. The summed E-state index contributed by atoms with van der Waals surface area (Å²) in [6.45, 7) is 0. The van der Waals surface area contributed by atoms with Gasteiger partial charge in [0.15, 0.2) is 10.1 Å². The first-order valence-corrected chi connectivity index (χ1v) is 5.91. The summed E-state index contributed by atoms with van der Waals surface area (Å²) in [6.07, 6.45) is 0.698. The molecule has 0 N–H and O–H groups in total. The summed E-state index contributed by atoms with van der Waals surface area (Å²) in [7, 11) is 1.63. The first-order valence-electron chi connectivity index (χ1n) is 5.15. The molecule has 1 aromatic rings. The number of fused-ring (bicyclic) bond motifs is 3. The van der Waals surface area contributed by atoms with Crippen molar-refractivity contribution in [2.45, 2.75) is 16.7 Å². The number of carbonyl (C=O) groups excluding carboxylic acids is 1. The van der Waals surface area contributed by atoms with Crippen LogP contribution in [0, 0.1) is 5.92 Å². The Morgan fingerprint density at radius 1 is 1.44 bits per heavy atom. The van der Waals surface area contributed by atoms with Gasteiger partial charge in [-0.05, 0) is 23.6 Å². The molecule has 1 saturated carbocycles. The average molecular weight is 257 g/mol. The molecule has 4 heteroatoms. The molecule has 2 nitrogen and oxygen atoms in total. The van der Waals surface area contributed by atoms with E-state index in [9.17, 15) is 4.79 Å². The van der Waals surface area contributed by atoms with Gasteiger partial charge in [-0.1, -0.05) is 35.3 Å². The van der Waals surface area contributed by atoms with Crippen LogP contribution in [-0.2, 0) is 11.2 Å². The van der Waals surface area contributed by atoms with Crippen LogP contribution in [-0.4, -0.2) is 17.2 Å². The van der Waals surface area contributed by atoms with Crippen LogP contribution in [0.1, 0.15) is 17.0 Å². The molecule has 2 unspecified atom stereocenters. The van der Waals surface area contributed by atoms with E-state index in [1.54, 1.807) is 7.11 Å². The van der Waals surface area contributed by atoms with E-state index in [0.29, 0.717) is 6.42 Å². The number of methoxy groups -OCH3 is 1. The molecule has 0 aromatic heterocycles. The zero-order chi connectivity index (χ0) is 11.5. The van der Waals surface area contributed by atoms with Gasteiger partial charge in [-0.3, -0.25) is 4.79 Å². The molecule has 0 amide bonds. The summed E-state index contributed by atoms with van der Waals surface area (Å²) < 4.78 is 4.05. The lowest BCUT2D eigenvalue weighted by molar-refractivity contribution is -0.131. The highest BCUT2D eigenvalue weighted by atomic mass is 35.5. The molecule has 3 rings (SSSR count). The minimum Gasteiger partial charge on any atom is -0.496 e. The second kappa shape index (κ2) is 3.14. The maximum Gasteiger partial charge on any atom is 0.183 e. The van der Waals surface area contributed by atoms with E-state index in [0.717, 1.165) is 16.9 Å². The Bertz CT molecular complexity index is 482. The Kier molecular flexibility index (Phi) is 2.05. The third-order valence-electron chi connectivity index (χ3n) is 3.61. The molecule has 2 atom stereocenters. The second-order valence-corrected chi connectivity index (χ2v) is 5.69.